The molecule has 0 amide bonds. The first kappa shape index (κ1) is 12.4. The normalized spacial score (nSPS) is 12.8. The average Bonchev–Trinajstić information content (AvgIpc) is 2.20. The lowest BCUT2D eigenvalue weighted by molar-refractivity contribution is 0.268. The Balaban J connectivity index is 2.47. The van der Waals surface area contributed by atoms with Gasteiger partial charge in [0.15, 0.2) is 0 Å². The van der Waals surface area contributed by atoms with E-state index in [1.165, 1.54) is 6.07 Å². The molecule has 1 aromatic rings. The van der Waals surface area contributed by atoms with Crippen LogP contribution in [0.4, 0.5) is 4.39 Å². The van der Waals surface area contributed by atoms with E-state index in [0.29, 0.717) is 13.0 Å². The molecular weight excluding hydrogens is 217 g/mol. The Morgan fingerprint density at radius 3 is 2.87 bits per heavy atom. The summed E-state index contributed by atoms with van der Waals surface area (Å²) in [6.45, 7) is 2.78. The highest BCUT2D eigenvalue weighted by molar-refractivity contribution is 6.30. The summed E-state index contributed by atoms with van der Waals surface area (Å²) in [6, 6.07) is 4.89. The molecule has 1 atom stereocenters. The monoisotopic (exact) mass is 231 g/mol. The van der Waals surface area contributed by atoms with Crippen LogP contribution >= 0.6 is 11.6 Å². The summed E-state index contributed by atoms with van der Waals surface area (Å²) in [5.74, 6) is -0.399. The molecule has 0 saturated heterocycles. The second-order valence-corrected chi connectivity index (χ2v) is 3.95. The highest BCUT2D eigenvalue weighted by Crippen LogP contribution is 2.15. The largest absolute Gasteiger partial charge is 0.396 e. The summed E-state index contributed by atoms with van der Waals surface area (Å²) in [7, 11) is 0. The SMILES string of the molecule is C[C@H](CCO)NCc1ccc(F)c(Cl)c1. The summed E-state index contributed by atoms with van der Waals surface area (Å²) < 4.78 is 12.8. The Morgan fingerprint density at radius 2 is 2.27 bits per heavy atom. The molecule has 0 aliphatic carbocycles. The second kappa shape index (κ2) is 6.05. The number of aliphatic hydroxyl groups excluding tert-OH is 1. The van der Waals surface area contributed by atoms with Gasteiger partial charge in [-0.15, -0.1) is 0 Å². The average molecular weight is 232 g/mol. The van der Waals surface area contributed by atoms with Gasteiger partial charge >= 0.3 is 0 Å². The van der Waals surface area contributed by atoms with Crippen LogP contribution in [0.5, 0.6) is 0 Å². The van der Waals surface area contributed by atoms with E-state index in [1.807, 2.05) is 6.92 Å². The van der Waals surface area contributed by atoms with E-state index in [0.717, 1.165) is 5.56 Å². The molecule has 4 heteroatoms. The number of benzene rings is 1. The Morgan fingerprint density at radius 1 is 1.53 bits per heavy atom. The first-order chi connectivity index (χ1) is 7.13. The van der Waals surface area contributed by atoms with E-state index in [2.05, 4.69) is 5.32 Å². The van der Waals surface area contributed by atoms with Crippen LogP contribution in [0.2, 0.25) is 5.02 Å². The number of aliphatic hydroxyl groups is 1. The van der Waals surface area contributed by atoms with Crippen LogP contribution in [-0.4, -0.2) is 17.8 Å². The first-order valence-corrected chi connectivity index (χ1v) is 5.29. The molecule has 1 aromatic carbocycles. The van der Waals surface area contributed by atoms with Crippen molar-refractivity contribution in [2.45, 2.75) is 25.9 Å². The van der Waals surface area contributed by atoms with Crippen molar-refractivity contribution in [1.82, 2.24) is 5.32 Å². The van der Waals surface area contributed by atoms with E-state index in [-0.39, 0.29) is 17.7 Å². The van der Waals surface area contributed by atoms with Crippen molar-refractivity contribution >= 4 is 11.6 Å². The molecule has 0 bridgehead atoms. The second-order valence-electron chi connectivity index (χ2n) is 3.54. The Labute approximate surface area is 94.1 Å². The van der Waals surface area contributed by atoms with Crippen molar-refractivity contribution in [3.8, 4) is 0 Å². The Kier molecular flexibility index (Phi) is 5.02. The summed E-state index contributed by atoms with van der Waals surface area (Å²) >= 11 is 5.65. The molecule has 0 unspecified atom stereocenters. The fourth-order valence-corrected chi connectivity index (χ4v) is 1.44. The van der Waals surface area contributed by atoms with Crippen molar-refractivity contribution in [2.75, 3.05) is 6.61 Å². The maximum absolute atomic E-state index is 12.8. The summed E-state index contributed by atoms with van der Waals surface area (Å²) in [5.41, 5.74) is 0.936. The molecule has 15 heavy (non-hydrogen) atoms. The van der Waals surface area contributed by atoms with Gasteiger partial charge in [-0.25, -0.2) is 4.39 Å². The number of nitrogens with one attached hydrogen (secondary N) is 1. The van der Waals surface area contributed by atoms with Gasteiger partial charge in [0.25, 0.3) is 0 Å². The maximum atomic E-state index is 12.8. The molecule has 0 aliphatic heterocycles. The summed E-state index contributed by atoms with van der Waals surface area (Å²) in [4.78, 5) is 0. The first-order valence-electron chi connectivity index (χ1n) is 4.91. The van der Waals surface area contributed by atoms with Crippen LogP contribution in [0.3, 0.4) is 0 Å². The van der Waals surface area contributed by atoms with Crippen LogP contribution < -0.4 is 5.32 Å². The van der Waals surface area contributed by atoms with Gasteiger partial charge in [-0.1, -0.05) is 17.7 Å². The molecule has 0 radical (unpaired) electrons. The number of hydrogen-bond acceptors (Lipinski definition) is 2. The predicted molar refractivity (Wildman–Crippen MR) is 59.4 cm³/mol. The van der Waals surface area contributed by atoms with Crippen molar-refractivity contribution in [3.63, 3.8) is 0 Å². The molecule has 1 rings (SSSR count). The lowest BCUT2D eigenvalue weighted by Gasteiger charge is -2.12. The number of rotatable bonds is 5. The molecule has 2 nitrogen and oxygen atoms in total. The topological polar surface area (TPSA) is 32.3 Å². The number of hydrogen-bond donors (Lipinski definition) is 2. The molecule has 0 spiro atoms. The zero-order chi connectivity index (χ0) is 11.3. The highest BCUT2D eigenvalue weighted by atomic mass is 35.5. The quantitative estimate of drug-likeness (QED) is 0.815. The van der Waals surface area contributed by atoms with Crippen LogP contribution in [0, 0.1) is 5.82 Å². The van der Waals surface area contributed by atoms with Gasteiger partial charge in [0.2, 0.25) is 0 Å². The maximum Gasteiger partial charge on any atom is 0.141 e. The van der Waals surface area contributed by atoms with Crippen molar-refractivity contribution in [2.24, 2.45) is 0 Å². The van der Waals surface area contributed by atoms with Crippen molar-refractivity contribution < 1.29 is 9.50 Å². The third kappa shape index (κ3) is 4.16. The van der Waals surface area contributed by atoms with Crippen molar-refractivity contribution in [1.29, 1.82) is 0 Å². The summed E-state index contributed by atoms with van der Waals surface area (Å²) in [6.07, 6.45) is 0.703. The number of halogens is 2. The zero-order valence-electron chi connectivity index (χ0n) is 8.63. The molecule has 0 aromatic heterocycles. The van der Waals surface area contributed by atoms with Crippen LogP contribution in [-0.2, 0) is 6.54 Å². The Hall–Kier alpha value is -0.640. The third-order valence-corrected chi connectivity index (χ3v) is 2.49. The van der Waals surface area contributed by atoms with Gasteiger partial charge in [0.1, 0.15) is 5.82 Å². The standard InChI is InChI=1S/C11H15ClFNO/c1-8(4-5-15)14-7-9-2-3-11(13)10(12)6-9/h2-3,6,8,14-15H,4-5,7H2,1H3/t8-/m1/s1. The Bertz CT molecular complexity index is 319. The van der Waals surface area contributed by atoms with Gasteiger partial charge in [-0.05, 0) is 31.0 Å². The predicted octanol–water partition coefficient (Wildman–Crippen LogP) is 2.34. The van der Waals surface area contributed by atoms with E-state index >= 15 is 0 Å². The zero-order valence-corrected chi connectivity index (χ0v) is 9.39. The molecule has 0 saturated carbocycles. The van der Waals surface area contributed by atoms with E-state index in [4.69, 9.17) is 16.7 Å². The van der Waals surface area contributed by atoms with Gasteiger partial charge in [0, 0.05) is 19.2 Å². The van der Waals surface area contributed by atoms with Gasteiger partial charge in [0.05, 0.1) is 5.02 Å². The molecular formula is C11H15ClFNO. The van der Waals surface area contributed by atoms with Crippen molar-refractivity contribution in [3.05, 3.63) is 34.6 Å². The minimum atomic E-state index is -0.399. The van der Waals surface area contributed by atoms with E-state index in [1.54, 1.807) is 12.1 Å². The smallest absolute Gasteiger partial charge is 0.141 e. The highest BCUT2D eigenvalue weighted by Gasteiger charge is 2.03. The van der Waals surface area contributed by atoms with Gasteiger partial charge in [-0.2, -0.15) is 0 Å². The van der Waals surface area contributed by atoms with E-state index < -0.39 is 5.82 Å². The van der Waals surface area contributed by atoms with Crippen LogP contribution in [0.25, 0.3) is 0 Å². The van der Waals surface area contributed by atoms with Crippen LogP contribution in [0.1, 0.15) is 18.9 Å². The molecule has 84 valence electrons. The molecule has 2 N–H and O–H groups in total. The third-order valence-electron chi connectivity index (χ3n) is 2.20. The fourth-order valence-electron chi connectivity index (χ4n) is 1.24. The lowest BCUT2D eigenvalue weighted by atomic mass is 10.2. The lowest BCUT2D eigenvalue weighted by Crippen LogP contribution is -2.26. The van der Waals surface area contributed by atoms with Gasteiger partial charge in [-0.3, -0.25) is 0 Å². The van der Waals surface area contributed by atoms with Gasteiger partial charge < -0.3 is 10.4 Å². The fraction of sp³-hybridized carbons (Fsp3) is 0.455. The van der Waals surface area contributed by atoms with E-state index in [9.17, 15) is 4.39 Å². The molecule has 0 aliphatic rings. The molecule has 0 heterocycles. The molecule has 0 fully saturated rings. The minimum absolute atomic E-state index is 0.143. The summed E-state index contributed by atoms with van der Waals surface area (Å²) in [5, 5.41) is 12.1. The minimum Gasteiger partial charge on any atom is -0.396 e. The van der Waals surface area contributed by atoms with Crippen LogP contribution in [0.15, 0.2) is 18.2 Å².